The van der Waals surface area contributed by atoms with Crippen molar-refractivity contribution in [2.75, 3.05) is 31.6 Å². The SMILES string of the molecule is COc1ccc(N2CCN(C(=O)c3nc4c(C(F)(F)F)cc(-c5ccoc5)cn4c3Cl)CC2=O)cc1. The van der Waals surface area contributed by atoms with Crippen molar-refractivity contribution in [1.29, 1.82) is 0 Å². The smallest absolute Gasteiger partial charge is 0.420 e. The summed E-state index contributed by atoms with van der Waals surface area (Å²) in [6, 6.07) is 9.31. The summed E-state index contributed by atoms with van der Waals surface area (Å²) in [6.07, 6.45) is -0.768. The Labute approximate surface area is 207 Å². The highest BCUT2D eigenvalue weighted by molar-refractivity contribution is 6.33. The third-order valence-electron chi connectivity index (χ3n) is 5.92. The van der Waals surface area contributed by atoms with E-state index < -0.39 is 23.3 Å². The number of fused-ring (bicyclic) bond motifs is 1. The first-order valence-electron chi connectivity index (χ1n) is 10.7. The molecule has 0 bridgehead atoms. The van der Waals surface area contributed by atoms with Gasteiger partial charge in [0, 0.05) is 36.1 Å². The summed E-state index contributed by atoms with van der Waals surface area (Å²) >= 11 is 6.37. The number of nitrogens with zero attached hydrogens (tertiary/aromatic N) is 4. The maximum atomic E-state index is 13.9. The van der Waals surface area contributed by atoms with Gasteiger partial charge in [0.15, 0.2) is 11.3 Å². The Morgan fingerprint density at radius 2 is 1.89 bits per heavy atom. The number of benzene rings is 1. The first kappa shape index (κ1) is 23.7. The number of ether oxygens (including phenoxy) is 1. The summed E-state index contributed by atoms with van der Waals surface area (Å²) in [6.45, 7) is 0.0645. The Balaban J connectivity index is 1.46. The van der Waals surface area contributed by atoms with Gasteiger partial charge < -0.3 is 19.0 Å². The van der Waals surface area contributed by atoms with E-state index in [9.17, 15) is 22.8 Å². The number of piperazine rings is 1. The molecule has 0 aliphatic carbocycles. The highest BCUT2D eigenvalue weighted by Crippen LogP contribution is 2.37. The summed E-state index contributed by atoms with van der Waals surface area (Å²) < 4.78 is 52.7. The molecular formula is C24H18ClF3N4O4. The van der Waals surface area contributed by atoms with E-state index in [1.165, 1.54) is 41.7 Å². The second-order valence-electron chi connectivity index (χ2n) is 8.07. The van der Waals surface area contributed by atoms with Crippen LogP contribution in [0.3, 0.4) is 0 Å². The highest BCUT2D eigenvalue weighted by Gasteiger charge is 2.37. The van der Waals surface area contributed by atoms with Gasteiger partial charge in [-0.25, -0.2) is 4.98 Å². The Morgan fingerprint density at radius 1 is 1.14 bits per heavy atom. The minimum Gasteiger partial charge on any atom is -0.497 e. The van der Waals surface area contributed by atoms with Gasteiger partial charge in [-0.3, -0.25) is 14.0 Å². The topological polar surface area (TPSA) is 80.3 Å². The van der Waals surface area contributed by atoms with Crippen molar-refractivity contribution in [1.82, 2.24) is 14.3 Å². The van der Waals surface area contributed by atoms with Crippen LogP contribution in [-0.2, 0) is 11.0 Å². The van der Waals surface area contributed by atoms with Gasteiger partial charge in [0.1, 0.15) is 17.4 Å². The molecule has 1 aromatic carbocycles. The first-order chi connectivity index (χ1) is 17.2. The number of hydrogen-bond acceptors (Lipinski definition) is 5. The van der Waals surface area contributed by atoms with E-state index in [-0.39, 0.29) is 42.0 Å². The lowest BCUT2D eigenvalue weighted by atomic mass is 10.1. The molecule has 1 aliphatic heterocycles. The molecule has 4 heterocycles. The van der Waals surface area contributed by atoms with E-state index in [0.29, 0.717) is 17.0 Å². The van der Waals surface area contributed by atoms with Crippen LogP contribution in [0.2, 0.25) is 5.15 Å². The second-order valence-corrected chi connectivity index (χ2v) is 8.43. The van der Waals surface area contributed by atoms with Crippen LogP contribution in [0.15, 0.2) is 59.5 Å². The molecule has 12 heteroatoms. The standard InChI is InChI=1S/C24H18ClF3N4O4/c1-35-17-4-2-16(3-5-17)31-8-7-30(12-19(31)33)23(34)20-21(25)32-11-15(14-6-9-36-13-14)10-18(22(32)29-20)24(26,27)28/h2-6,9-11,13H,7-8,12H2,1H3. The third kappa shape index (κ3) is 4.15. The van der Waals surface area contributed by atoms with E-state index in [4.69, 9.17) is 20.8 Å². The Kier molecular flexibility index (Phi) is 5.87. The molecule has 0 unspecified atom stereocenters. The summed E-state index contributed by atoms with van der Waals surface area (Å²) in [7, 11) is 1.53. The average molecular weight is 519 g/mol. The van der Waals surface area contributed by atoms with Gasteiger partial charge in [-0.1, -0.05) is 11.6 Å². The molecule has 2 amide bonds. The molecular weight excluding hydrogens is 501 g/mol. The number of imidazole rings is 1. The zero-order valence-electron chi connectivity index (χ0n) is 18.8. The monoisotopic (exact) mass is 518 g/mol. The molecule has 186 valence electrons. The number of furan rings is 1. The van der Waals surface area contributed by atoms with Crippen LogP contribution in [0, 0.1) is 0 Å². The molecule has 5 rings (SSSR count). The van der Waals surface area contributed by atoms with Gasteiger partial charge in [0.25, 0.3) is 5.91 Å². The van der Waals surface area contributed by atoms with Crippen molar-refractivity contribution >= 4 is 34.7 Å². The van der Waals surface area contributed by atoms with Crippen LogP contribution in [0.4, 0.5) is 18.9 Å². The first-order valence-corrected chi connectivity index (χ1v) is 11.1. The number of pyridine rings is 1. The fourth-order valence-electron chi connectivity index (χ4n) is 4.08. The van der Waals surface area contributed by atoms with Crippen LogP contribution in [-0.4, -0.2) is 52.8 Å². The van der Waals surface area contributed by atoms with Gasteiger partial charge in [-0.15, -0.1) is 0 Å². The lowest BCUT2D eigenvalue weighted by Crippen LogP contribution is -2.52. The molecule has 1 saturated heterocycles. The number of amides is 2. The molecule has 0 spiro atoms. The zero-order valence-corrected chi connectivity index (χ0v) is 19.5. The van der Waals surface area contributed by atoms with E-state index >= 15 is 0 Å². The second kappa shape index (κ2) is 8.90. The van der Waals surface area contributed by atoms with Crippen LogP contribution in [0.1, 0.15) is 16.1 Å². The average Bonchev–Trinajstić information content (AvgIpc) is 3.51. The van der Waals surface area contributed by atoms with E-state index in [1.54, 1.807) is 24.3 Å². The molecule has 3 aromatic heterocycles. The number of methoxy groups -OCH3 is 1. The Bertz CT molecular complexity index is 1450. The van der Waals surface area contributed by atoms with Crippen LogP contribution in [0.25, 0.3) is 16.8 Å². The number of carbonyl (C=O) groups is 2. The minimum atomic E-state index is -4.75. The van der Waals surface area contributed by atoms with E-state index in [0.717, 1.165) is 10.5 Å². The largest absolute Gasteiger partial charge is 0.497 e. The number of alkyl halides is 3. The summed E-state index contributed by atoms with van der Waals surface area (Å²) in [4.78, 5) is 32.7. The van der Waals surface area contributed by atoms with Crippen molar-refractivity contribution in [3.05, 3.63) is 71.5 Å². The minimum absolute atomic E-state index is 0.146. The number of halogens is 4. The van der Waals surface area contributed by atoms with Crippen molar-refractivity contribution in [2.45, 2.75) is 6.18 Å². The van der Waals surface area contributed by atoms with Crippen LogP contribution in [0.5, 0.6) is 5.75 Å². The zero-order chi connectivity index (χ0) is 25.6. The Morgan fingerprint density at radius 3 is 2.50 bits per heavy atom. The molecule has 1 fully saturated rings. The molecule has 1 aliphatic rings. The van der Waals surface area contributed by atoms with E-state index in [1.807, 2.05) is 0 Å². The predicted octanol–water partition coefficient (Wildman–Crippen LogP) is 4.76. The van der Waals surface area contributed by atoms with Gasteiger partial charge in [-0.05, 0) is 36.4 Å². The summed E-state index contributed by atoms with van der Waals surface area (Å²) in [5.74, 6) is -0.446. The van der Waals surface area contributed by atoms with Crippen LogP contribution >= 0.6 is 11.6 Å². The fraction of sp³-hybridized carbons (Fsp3) is 0.208. The fourth-order valence-corrected chi connectivity index (χ4v) is 4.33. The van der Waals surface area contributed by atoms with Crippen molar-refractivity contribution in [3.63, 3.8) is 0 Å². The molecule has 0 radical (unpaired) electrons. The number of hydrogen-bond donors (Lipinski definition) is 0. The molecule has 0 saturated carbocycles. The van der Waals surface area contributed by atoms with Gasteiger partial charge in [-0.2, -0.15) is 13.2 Å². The van der Waals surface area contributed by atoms with Crippen molar-refractivity contribution < 1.29 is 31.9 Å². The highest BCUT2D eigenvalue weighted by atomic mass is 35.5. The van der Waals surface area contributed by atoms with E-state index in [2.05, 4.69) is 4.98 Å². The Hall–Kier alpha value is -3.99. The predicted molar refractivity (Wildman–Crippen MR) is 124 cm³/mol. The quantitative estimate of drug-likeness (QED) is 0.389. The van der Waals surface area contributed by atoms with Gasteiger partial charge in [0.05, 0.1) is 25.2 Å². The van der Waals surface area contributed by atoms with Gasteiger partial charge >= 0.3 is 6.18 Å². The molecule has 0 N–H and O–H groups in total. The summed E-state index contributed by atoms with van der Waals surface area (Å²) in [5.41, 5.74) is -0.697. The number of aromatic nitrogens is 2. The van der Waals surface area contributed by atoms with Crippen LogP contribution < -0.4 is 9.64 Å². The molecule has 0 atom stereocenters. The lowest BCUT2D eigenvalue weighted by molar-refractivity contribution is -0.136. The lowest BCUT2D eigenvalue weighted by Gasteiger charge is -2.34. The maximum absolute atomic E-state index is 13.9. The molecule has 36 heavy (non-hydrogen) atoms. The number of anilines is 1. The number of rotatable bonds is 4. The normalized spacial score (nSPS) is 14.5. The molecule has 8 nitrogen and oxygen atoms in total. The maximum Gasteiger partial charge on any atom is 0.420 e. The van der Waals surface area contributed by atoms with Crippen molar-refractivity contribution in [3.8, 4) is 16.9 Å². The summed E-state index contributed by atoms with van der Waals surface area (Å²) in [5, 5.41) is -0.282. The van der Waals surface area contributed by atoms with Crippen molar-refractivity contribution in [2.24, 2.45) is 0 Å². The third-order valence-corrected chi connectivity index (χ3v) is 6.28. The number of carbonyl (C=O) groups excluding carboxylic acids is 2. The molecule has 4 aromatic rings. The van der Waals surface area contributed by atoms with Gasteiger partial charge in [0.2, 0.25) is 5.91 Å².